The number of aliphatic imine (C=N–C) groups is 1. The van der Waals surface area contributed by atoms with Crippen LogP contribution in [0.2, 0.25) is 0 Å². The van der Waals surface area contributed by atoms with Crippen LogP contribution in [0.25, 0.3) is 0 Å². The van der Waals surface area contributed by atoms with Crippen LogP contribution >= 0.6 is 35.7 Å². The van der Waals surface area contributed by atoms with Gasteiger partial charge in [-0.3, -0.25) is 9.89 Å². The highest BCUT2D eigenvalue weighted by Gasteiger charge is 2.28. The minimum absolute atomic E-state index is 0. The quantitative estimate of drug-likeness (QED) is 0.358. The summed E-state index contributed by atoms with van der Waals surface area (Å²) >= 11 is 1.86. The molecule has 1 heterocycles. The number of halogens is 1. The summed E-state index contributed by atoms with van der Waals surface area (Å²) in [4.78, 5) is 7.24. The third-order valence-corrected chi connectivity index (χ3v) is 4.77. The molecule has 5 nitrogen and oxygen atoms in total. The topological polar surface area (TPSA) is 48.9 Å². The molecule has 0 amide bonds. The van der Waals surface area contributed by atoms with Crippen LogP contribution in [0.5, 0.6) is 0 Å². The van der Waals surface area contributed by atoms with E-state index in [1.54, 1.807) is 0 Å². The second-order valence-corrected chi connectivity index (χ2v) is 7.31. The fourth-order valence-electron chi connectivity index (χ4n) is 2.21. The second-order valence-electron chi connectivity index (χ2n) is 6.03. The molecule has 1 aliphatic rings. The number of nitrogens with zero attached hydrogens (tertiary/aromatic N) is 2. The Morgan fingerprint density at radius 3 is 2.50 bits per heavy atom. The number of nitrogens with one attached hydrogen (secondary N) is 2. The first-order valence-corrected chi connectivity index (χ1v) is 9.16. The van der Waals surface area contributed by atoms with E-state index in [9.17, 15) is 0 Å². The summed E-state index contributed by atoms with van der Waals surface area (Å²) in [6, 6.07) is 0. The predicted molar refractivity (Wildman–Crippen MR) is 109 cm³/mol. The van der Waals surface area contributed by atoms with Crippen LogP contribution in [0.1, 0.15) is 27.7 Å². The number of rotatable bonds is 7. The molecular weight excluding hydrogens is 411 g/mol. The molecule has 0 bridgehead atoms. The van der Waals surface area contributed by atoms with Crippen molar-refractivity contribution in [3.63, 3.8) is 0 Å². The summed E-state index contributed by atoms with van der Waals surface area (Å²) in [5, 5.41) is 7.33. The molecule has 0 saturated carbocycles. The first-order valence-electron chi connectivity index (χ1n) is 7.87. The van der Waals surface area contributed by atoms with Crippen LogP contribution in [0.3, 0.4) is 0 Å². The highest BCUT2D eigenvalue weighted by Crippen LogP contribution is 2.16. The minimum Gasteiger partial charge on any atom is -0.379 e. The zero-order chi connectivity index (χ0) is 15.7. The molecule has 22 heavy (non-hydrogen) atoms. The molecule has 7 heteroatoms. The molecule has 0 aromatic rings. The van der Waals surface area contributed by atoms with Crippen LogP contribution in [-0.4, -0.2) is 73.8 Å². The van der Waals surface area contributed by atoms with Gasteiger partial charge in [-0.05, 0) is 27.0 Å². The summed E-state index contributed by atoms with van der Waals surface area (Å²) in [6.07, 6.45) is 2.14. The van der Waals surface area contributed by atoms with Gasteiger partial charge >= 0.3 is 0 Å². The van der Waals surface area contributed by atoms with Gasteiger partial charge < -0.3 is 15.4 Å². The number of morpholine rings is 1. The molecule has 1 unspecified atom stereocenters. The van der Waals surface area contributed by atoms with Crippen molar-refractivity contribution in [3.8, 4) is 0 Å². The molecule has 0 aromatic carbocycles. The van der Waals surface area contributed by atoms with Crippen LogP contribution < -0.4 is 10.6 Å². The van der Waals surface area contributed by atoms with Crippen LogP contribution in [0, 0.1) is 0 Å². The lowest BCUT2D eigenvalue weighted by Gasteiger charge is -2.39. The van der Waals surface area contributed by atoms with Gasteiger partial charge in [0.2, 0.25) is 0 Å². The van der Waals surface area contributed by atoms with E-state index in [0.29, 0.717) is 5.25 Å². The zero-order valence-corrected chi connectivity index (χ0v) is 17.8. The average molecular weight is 444 g/mol. The lowest BCUT2D eigenvalue weighted by molar-refractivity contribution is -0.00683. The average Bonchev–Trinajstić information content (AvgIpc) is 2.50. The van der Waals surface area contributed by atoms with Gasteiger partial charge in [-0.2, -0.15) is 11.8 Å². The Hall–Kier alpha value is 0.270. The van der Waals surface area contributed by atoms with Crippen molar-refractivity contribution >= 4 is 41.7 Å². The Balaban J connectivity index is 0.00000441. The summed E-state index contributed by atoms with van der Waals surface area (Å²) in [7, 11) is 0. The van der Waals surface area contributed by atoms with Gasteiger partial charge in [-0.15, -0.1) is 24.0 Å². The van der Waals surface area contributed by atoms with E-state index in [2.05, 4.69) is 49.5 Å². The molecule has 1 rings (SSSR count). The highest BCUT2D eigenvalue weighted by molar-refractivity contribution is 14.0. The van der Waals surface area contributed by atoms with Gasteiger partial charge in [0.1, 0.15) is 0 Å². The minimum atomic E-state index is 0. The van der Waals surface area contributed by atoms with E-state index >= 15 is 0 Å². The van der Waals surface area contributed by atoms with Crippen molar-refractivity contribution in [1.82, 2.24) is 15.5 Å². The van der Waals surface area contributed by atoms with Gasteiger partial charge in [0.05, 0.1) is 19.8 Å². The summed E-state index contributed by atoms with van der Waals surface area (Å²) in [5.41, 5.74) is 0.0667. The third-order valence-electron chi connectivity index (χ3n) is 3.79. The second kappa shape index (κ2) is 11.8. The standard InChI is InChI=1S/C15H32N4OS.HI/c1-6-16-14(17-11-13(2)21-5)18-12-15(3,4)19-7-9-20-10-8-19;/h13H,6-12H2,1-5H3,(H2,16,17,18);1H. The van der Waals surface area contributed by atoms with Crippen molar-refractivity contribution in [3.05, 3.63) is 0 Å². The summed E-state index contributed by atoms with van der Waals surface area (Å²) < 4.78 is 5.43. The number of guanidine groups is 1. The lowest BCUT2D eigenvalue weighted by atomic mass is 10.0. The Kier molecular flexibility index (Phi) is 11.9. The number of thioether (sulfide) groups is 1. The van der Waals surface area contributed by atoms with Crippen molar-refractivity contribution in [2.75, 3.05) is 52.2 Å². The maximum absolute atomic E-state index is 5.43. The van der Waals surface area contributed by atoms with Crippen molar-refractivity contribution < 1.29 is 4.74 Å². The van der Waals surface area contributed by atoms with E-state index in [4.69, 9.17) is 9.73 Å². The molecule has 2 N–H and O–H groups in total. The molecule has 0 radical (unpaired) electrons. The lowest BCUT2D eigenvalue weighted by Crippen LogP contribution is -2.52. The zero-order valence-electron chi connectivity index (χ0n) is 14.6. The molecule has 1 saturated heterocycles. The maximum atomic E-state index is 5.43. The Morgan fingerprint density at radius 2 is 1.95 bits per heavy atom. The van der Waals surface area contributed by atoms with Crippen molar-refractivity contribution in [2.45, 2.75) is 38.5 Å². The fourth-order valence-corrected chi connectivity index (χ4v) is 2.46. The van der Waals surface area contributed by atoms with E-state index < -0.39 is 0 Å². The molecule has 0 spiro atoms. The number of hydrogen-bond acceptors (Lipinski definition) is 4. The fraction of sp³-hybridized carbons (Fsp3) is 0.933. The van der Waals surface area contributed by atoms with Crippen LogP contribution in [0.4, 0.5) is 0 Å². The van der Waals surface area contributed by atoms with Gasteiger partial charge in [0, 0.05) is 37.0 Å². The van der Waals surface area contributed by atoms with Crippen molar-refractivity contribution in [2.24, 2.45) is 4.99 Å². The first-order chi connectivity index (χ1) is 9.99. The Morgan fingerprint density at radius 1 is 1.32 bits per heavy atom. The van der Waals surface area contributed by atoms with E-state index in [1.807, 2.05) is 11.8 Å². The molecule has 132 valence electrons. The summed E-state index contributed by atoms with van der Waals surface area (Å²) in [5.74, 6) is 0.916. The van der Waals surface area contributed by atoms with Crippen molar-refractivity contribution in [1.29, 1.82) is 0 Å². The van der Waals surface area contributed by atoms with Crippen LogP contribution in [-0.2, 0) is 4.74 Å². The predicted octanol–water partition coefficient (Wildman–Crippen LogP) is 2.02. The molecule has 1 aliphatic heterocycles. The normalized spacial score (nSPS) is 18.5. The number of ether oxygens (including phenoxy) is 1. The molecule has 0 aromatic heterocycles. The molecular formula is C15H33IN4OS. The SMILES string of the molecule is CCNC(=NCC(C)(C)N1CCOCC1)NCC(C)SC.I. The number of hydrogen-bond donors (Lipinski definition) is 2. The van der Waals surface area contributed by atoms with Crippen LogP contribution in [0.15, 0.2) is 4.99 Å². The van der Waals surface area contributed by atoms with Gasteiger partial charge in [-0.1, -0.05) is 6.92 Å². The third kappa shape index (κ3) is 8.21. The van der Waals surface area contributed by atoms with E-state index in [-0.39, 0.29) is 29.5 Å². The van der Waals surface area contributed by atoms with Gasteiger partial charge in [0.15, 0.2) is 5.96 Å². The largest absolute Gasteiger partial charge is 0.379 e. The molecule has 0 aliphatic carbocycles. The van der Waals surface area contributed by atoms with Gasteiger partial charge in [0.25, 0.3) is 0 Å². The molecule has 1 fully saturated rings. The van der Waals surface area contributed by atoms with Gasteiger partial charge in [-0.25, -0.2) is 0 Å². The maximum Gasteiger partial charge on any atom is 0.191 e. The van der Waals surface area contributed by atoms with E-state index in [0.717, 1.165) is 51.9 Å². The van der Waals surface area contributed by atoms with E-state index in [1.165, 1.54) is 0 Å². The monoisotopic (exact) mass is 444 g/mol. The first kappa shape index (κ1) is 22.3. The smallest absolute Gasteiger partial charge is 0.191 e. The molecule has 1 atom stereocenters. The Bertz CT molecular complexity index is 323. The summed E-state index contributed by atoms with van der Waals surface area (Å²) in [6.45, 7) is 15.1. The Labute approximate surface area is 157 Å². The highest BCUT2D eigenvalue weighted by atomic mass is 127.